The largest absolute Gasteiger partial charge is 0.416 e. The maximum Gasteiger partial charge on any atom is 0.416 e. The van der Waals surface area contributed by atoms with Gasteiger partial charge in [0.1, 0.15) is 17.8 Å². The lowest BCUT2D eigenvalue weighted by atomic mass is 10.0. The first-order valence-corrected chi connectivity index (χ1v) is 14.0. The number of imidazole rings is 1. The van der Waals surface area contributed by atoms with Crippen molar-refractivity contribution in [2.24, 2.45) is 0 Å². The van der Waals surface area contributed by atoms with Gasteiger partial charge in [-0.1, -0.05) is 6.07 Å². The minimum Gasteiger partial charge on any atom is -0.395 e. The monoisotopic (exact) mass is 608 g/mol. The Labute approximate surface area is 249 Å². The number of anilines is 3. The second-order valence-corrected chi connectivity index (χ2v) is 10.7. The molecule has 0 atom stereocenters. The van der Waals surface area contributed by atoms with E-state index in [0.29, 0.717) is 53.3 Å². The van der Waals surface area contributed by atoms with Crippen LogP contribution in [0.3, 0.4) is 0 Å². The summed E-state index contributed by atoms with van der Waals surface area (Å²) in [5.74, 6) is 0.268. The number of aromatic nitrogens is 5. The highest BCUT2D eigenvalue weighted by atomic mass is 19.4. The highest BCUT2D eigenvalue weighted by molar-refractivity contribution is 6.03. The van der Waals surface area contributed by atoms with E-state index >= 15 is 0 Å². The lowest BCUT2D eigenvalue weighted by Gasteiger charge is -2.33. The van der Waals surface area contributed by atoms with Gasteiger partial charge in [-0.15, -0.1) is 0 Å². The summed E-state index contributed by atoms with van der Waals surface area (Å²) in [5.41, 5.74) is 8.26. The van der Waals surface area contributed by atoms with Crippen LogP contribution >= 0.6 is 0 Å². The number of aliphatic hydroxyl groups is 1. The molecule has 1 fully saturated rings. The van der Waals surface area contributed by atoms with E-state index < -0.39 is 17.8 Å². The van der Waals surface area contributed by atoms with E-state index in [9.17, 15) is 23.1 Å². The summed E-state index contributed by atoms with van der Waals surface area (Å²) in [6.45, 7) is 3.33. The lowest BCUT2D eigenvalue weighted by molar-refractivity contribution is -0.138. The van der Waals surface area contributed by atoms with Crippen LogP contribution in [-0.2, 0) is 19.3 Å². The van der Waals surface area contributed by atoms with Crippen LogP contribution in [0.15, 0.2) is 55.2 Å². The Morgan fingerprint density at radius 3 is 2.59 bits per heavy atom. The maximum absolute atomic E-state index is 14.0. The Morgan fingerprint density at radius 2 is 1.84 bits per heavy atom. The number of nitrogen functional groups attached to an aromatic ring is 1. The molecule has 5 aromatic rings. The Balaban J connectivity index is 1.24. The summed E-state index contributed by atoms with van der Waals surface area (Å²) in [6.07, 6.45) is 1.85. The third-order valence-electron chi connectivity index (χ3n) is 7.76. The van der Waals surface area contributed by atoms with Crippen LogP contribution in [0.5, 0.6) is 0 Å². The molecule has 0 aliphatic carbocycles. The molecule has 1 aliphatic rings. The molecular formula is C29H31F3N10O2. The zero-order valence-corrected chi connectivity index (χ0v) is 23.8. The summed E-state index contributed by atoms with van der Waals surface area (Å²) < 4.78 is 45.6. The number of pyridine rings is 1. The number of nitrogens with zero attached hydrogens (tertiary/aromatic N) is 7. The molecule has 4 aromatic heterocycles. The van der Waals surface area contributed by atoms with Crippen molar-refractivity contribution in [1.82, 2.24) is 33.7 Å². The van der Waals surface area contributed by atoms with Crippen LogP contribution in [0.25, 0.3) is 27.9 Å². The van der Waals surface area contributed by atoms with Crippen LogP contribution in [0, 0.1) is 0 Å². The summed E-state index contributed by atoms with van der Waals surface area (Å²) in [4.78, 5) is 29.9. The van der Waals surface area contributed by atoms with Gasteiger partial charge in [-0.3, -0.25) is 9.30 Å². The van der Waals surface area contributed by atoms with Gasteiger partial charge in [-0.2, -0.15) is 13.2 Å². The first kappa shape index (κ1) is 29.3. The number of hydrogen-bond acceptors (Lipinski definition) is 8. The molecule has 44 heavy (non-hydrogen) atoms. The lowest BCUT2D eigenvalue weighted by Crippen LogP contribution is -2.44. The quantitative estimate of drug-likeness (QED) is 0.219. The van der Waals surface area contributed by atoms with Crippen molar-refractivity contribution in [3.63, 3.8) is 0 Å². The minimum absolute atomic E-state index is 0.0140. The molecular weight excluding hydrogens is 577 g/mol. The number of nitrogens with two attached hydrogens (primary N) is 1. The van der Waals surface area contributed by atoms with E-state index in [4.69, 9.17) is 5.73 Å². The fourth-order valence-electron chi connectivity index (χ4n) is 5.54. The normalized spacial score (nSPS) is 14.8. The van der Waals surface area contributed by atoms with Gasteiger partial charge in [0, 0.05) is 69.1 Å². The molecule has 0 unspecified atom stereocenters. The second-order valence-electron chi connectivity index (χ2n) is 10.7. The van der Waals surface area contributed by atoms with Gasteiger partial charge in [0.2, 0.25) is 0 Å². The number of hydrogen-bond donors (Lipinski definition) is 4. The van der Waals surface area contributed by atoms with Crippen molar-refractivity contribution in [1.29, 1.82) is 0 Å². The van der Waals surface area contributed by atoms with Crippen LogP contribution in [0.4, 0.5) is 35.2 Å². The number of alkyl halides is 3. The van der Waals surface area contributed by atoms with Crippen molar-refractivity contribution < 1.29 is 23.1 Å². The summed E-state index contributed by atoms with van der Waals surface area (Å²) in [6, 6.07) is 6.54. The SMILES string of the molecule is CN1CCN(Cc2ccc(NC(=O)Nc3ccc(-c4cn(CCO)c5ncnc(N)c45)n4ccnc34)cc2C(F)(F)F)CC1. The summed E-state index contributed by atoms with van der Waals surface area (Å²) in [7, 11) is 1.99. The van der Waals surface area contributed by atoms with Gasteiger partial charge in [0.15, 0.2) is 5.65 Å². The Morgan fingerprint density at radius 1 is 1.05 bits per heavy atom. The fourth-order valence-corrected chi connectivity index (χ4v) is 5.54. The zero-order chi connectivity index (χ0) is 31.0. The van der Waals surface area contributed by atoms with E-state index in [0.717, 1.165) is 19.2 Å². The van der Waals surface area contributed by atoms with Crippen LogP contribution < -0.4 is 16.4 Å². The van der Waals surface area contributed by atoms with Crippen molar-refractivity contribution in [2.75, 3.05) is 56.2 Å². The number of nitrogens with one attached hydrogen (secondary N) is 2. The van der Waals surface area contributed by atoms with Crippen molar-refractivity contribution >= 4 is 39.9 Å². The van der Waals surface area contributed by atoms with Gasteiger partial charge in [-0.25, -0.2) is 19.7 Å². The maximum atomic E-state index is 14.0. The van der Waals surface area contributed by atoms with Crippen LogP contribution in [0.2, 0.25) is 0 Å². The molecule has 230 valence electrons. The molecule has 2 amide bonds. The van der Waals surface area contributed by atoms with Gasteiger partial charge in [0.05, 0.1) is 28.9 Å². The molecule has 5 heterocycles. The number of carbonyl (C=O) groups is 1. The number of urea groups is 1. The zero-order valence-electron chi connectivity index (χ0n) is 23.8. The van der Waals surface area contributed by atoms with Crippen LogP contribution in [0.1, 0.15) is 11.1 Å². The van der Waals surface area contributed by atoms with Crippen molar-refractivity contribution in [2.45, 2.75) is 19.3 Å². The highest BCUT2D eigenvalue weighted by Crippen LogP contribution is 2.36. The number of benzene rings is 1. The molecule has 12 nitrogen and oxygen atoms in total. The average molecular weight is 609 g/mol. The highest BCUT2D eigenvalue weighted by Gasteiger charge is 2.34. The first-order valence-electron chi connectivity index (χ1n) is 14.0. The van der Waals surface area contributed by atoms with E-state index in [2.05, 4.69) is 30.5 Å². The number of piperazine rings is 1. The predicted molar refractivity (Wildman–Crippen MR) is 160 cm³/mol. The van der Waals surface area contributed by atoms with E-state index in [1.165, 1.54) is 18.5 Å². The van der Waals surface area contributed by atoms with E-state index in [1.54, 1.807) is 33.5 Å². The van der Waals surface area contributed by atoms with E-state index in [1.807, 2.05) is 18.1 Å². The number of halogens is 3. The molecule has 1 aromatic carbocycles. The number of carbonyl (C=O) groups excluding carboxylic acids is 1. The molecule has 15 heteroatoms. The Kier molecular flexibility index (Phi) is 7.84. The fraction of sp³-hybridized carbons (Fsp3) is 0.310. The number of rotatable bonds is 7. The van der Waals surface area contributed by atoms with Crippen LogP contribution in [-0.4, -0.2) is 84.7 Å². The third-order valence-corrected chi connectivity index (χ3v) is 7.76. The summed E-state index contributed by atoms with van der Waals surface area (Å²) in [5, 5.41) is 15.3. The number of likely N-dealkylation sites (N-methyl/N-ethyl adjacent to an activating group) is 1. The average Bonchev–Trinajstić information content (AvgIpc) is 3.62. The molecule has 0 radical (unpaired) electrons. The molecule has 1 aliphatic heterocycles. The molecule has 6 rings (SSSR count). The molecule has 0 saturated carbocycles. The van der Waals surface area contributed by atoms with Gasteiger partial charge in [-0.05, 0) is 36.9 Å². The topological polar surface area (TPSA) is 142 Å². The Bertz CT molecular complexity index is 1830. The molecule has 0 spiro atoms. The van der Waals surface area contributed by atoms with Gasteiger partial charge >= 0.3 is 12.2 Å². The molecule has 1 saturated heterocycles. The number of aliphatic hydroxyl groups excluding tert-OH is 1. The number of fused-ring (bicyclic) bond motifs is 2. The minimum atomic E-state index is -4.58. The second kappa shape index (κ2) is 11.7. The van der Waals surface area contributed by atoms with E-state index in [-0.39, 0.29) is 30.2 Å². The first-order chi connectivity index (χ1) is 21.1. The third kappa shape index (κ3) is 5.76. The number of amides is 2. The summed E-state index contributed by atoms with van der Waals surface area (Å²) >= 11 is 0. The predicted octanol–water partition coefficient (Wildman–Crippen LogP) is 3.73. The van der Waals surface area contributed by atoms with Crippen molar-refractivity contribution in [3.8, 4) is 11.3 Å². The van der Waals surface area contributed by atoms with Gasteiger partial charge < -0.3 is 30.9 Å². The van der Waals surface area contributed by atoms with Crippen molar-refractivity contribution in [3.05, 3.63) is 66.4 Å². The smallest absolute Gasteiger partial charge is 0.395 e. The molecule has 0 bridgehead atoms. The van der Waals surface area contributed by atoms with Gasteiger partial charge in [0.25, 0.3) is 0 Å². The standard InChI is InChI=1S/C29H31F3N10O2/c1-39-8-10-40(11-9-39)15-18-2-3-19(14-21(18)29(30,31)32)37-28(44)38-22-4-5-23(42-7-6-34-26(22)42)20-16-41(12-13-43)27-24(20)25(33)35-17-36-27/h2-7,14,16-17,43H,8-13,15H2,1H3,(H2,33,35,36)(H2,37,38,44). The molecule has 5 N–H and O–H groups in total. The Hall–Kier alpha value is -4.73.